The predicted octanol–water partition coefficient (Wildman–Crippen LogP) is 4.37. The molecule has 2 atom stereocenters. The van der Waals surface area contributed by atoms with Crippen molar-refractivity contribution in [2.24, 2.45) is 11.7 Å². The van der Waals surface area contributed by atoms with Crippen LogP contribution in [0.15, 0.2) is 24.3 Å². The molecule has 3 rings (SSSR count). The Hall–Kier alpha value is -0.900. The Balaban J connectivity index is 1.83. The van der Waals surface area contributed by atoms with Gasteiger partial charge >= 0.3 is 0 Å². The summed E-state index contributed by atoms with van der Waals surface area (Å²) >= 11 is 1.86. The molecule has 2 aromatic rings. The number of rotatable bonds is 4. The van der Waals surface area contributed by atoms with Crippen LogP contribution in [0.1, 0.15) is 43.0 Å². The van der Waals surface area contributed by atoms with Gasteiger partial charge in [0.1, 0.15) is 0 Å². The molecule has 1 fully saturated rings. The van der Waals surface area contributed by atoms with Gasteiger partial charge in [-0.2, -0.15) is 0 Å². The number of fused-ring (bicyclic) bond motifs is 1. The van der Waals surface area contributed by atoms with Crippen molar-refractivity contribution in [2.75, 3.05) is 7.05 Å². The first-order chi connectivity index (χ1) is 10.2. The van der Waals surface area contributed by atoms with Crippen molar-refractivity contribution in [3.05, 3.63) is 34.7 Å². The van der Waals surface area contributed by atoms with E-state index in [-0.39, 0.29) is 0 Å². The topological polar surface area (TPSA) is 29.3 Å². The molecule has 0 spiro atoms. The number of hydrogen-bond donors (Lipinski definition) is 1. The van der Waals surface area contributed by atoms with Gasteiger partial charge in [0.05, 0.1) is 0 Å². The zero-order valence-corrected chi connectivity index (χ0v) is 14.0. The Morgan fingerprint density at radius 3 is 2.86 bits per heavy atom. The second-order valence-corrected chi connectivity index (χ2v) is 7.68. The molecule has 1 saturated carbocycles. The number of nitrogens with zero attached hydrogens (tertiary/aromatic N) is 1. The minimum atomic E-state index is 0.656. The molecule has 114 valence electrons. The molecule has 1 aliphatic carbocycles. The lowest BCUT2D eigenvalue weighted by Gasteiger charge is -2.34. The van der Waals surface area contributed by atoms with Crippen LogP contribution in [0.3, 0.4) is 0 Å². The third-order valence-corrected chi connectivity index (χ3v) is 6.14. The Morgan fingerprint density at radius 1 is 1.29 bits per heavy atom. The van der Waals surface area contributed by atoms with Gasteiger partial charge in [0, 0.05) is 28.7 Å². The summed E-state index contributed by atoms with van der Waals surface area (Å²) in [5, 5.41) is 1.40. The average molecular weight is 302 g/mol. The molecule has 2 nitrogen and oxygen atoms in total. The SMILES string of the molecule is CC1CCCC(N(C)Cc2c(CN)sc3ccccc23)C1. The molecule has 1 aromatic carbocycles. The molecule has 1 heterocycles. The van der Waals surface area contributed by atoms with Crippen LogP contribution in [-0.4, -0.2) is 18.0 Å². The number of hydrogen-bond acceptors (Lipinski definition) is 3. The highest BCUT2D eigenvalue weighted by Crippen LogP contribution is 2.33. The second kappa shape index (κ2) is 6.47. The van der Waals surface area contributed by atoms with Gasteiger partial charge in [-0.1, -0.05) is 38.0 Å². The maximum atomic E-state index is 5.98. The zero-order valence-electron chi connectivity index (χ0n) is 13.1. The molecule has 0 aliphatic heterocycles. The standard InChI is InChI=1S/C18H26N2S/c1-13-6-5-7-14(10-13)20(2)12-16-15-8-3-4-9-17(15)21-18(16)11-19/h3-4,8-9,13-14H,5-7,10-12,19H2,1-2H3. The van der Waals surface area contributed by atoms with E-state index in [1.165, 1.54) is 46.2 Å². The van der Waals surface area contributed by atoms with Gasteiger partial charge in [-0.3, -0.25) is 4.90 Å². The molecule has 3 heteroatoms. The van der Waals surface area contributed by atoms with Crippen molar-refractivity contribution in [2.45, 2.75) is 51.7 Å². The lowest BCUT2D eigenvalue weighted by molar-refractivity contribution is 0.158. The quantitative estimate of drug-likeness (QED) is 0.908. The van der Waals surface area contributed by atoms with Crippen LogP contribution >= 0.6 is 11.3 Å². The Labute approximate surface area is 131 Å². The Kier molecular flexibility index (Phi) is 4.63. The zero-order chi connectivity index (χ0) is 14.8. The third kappa shape index (κ3) is 3.15. The third-order valence-electron chi connectivity index (χ3n) is 4.91. The minimum Gasteiger partial charge on any atom is -0.326 e. The van der Waals surface area contributed by atoms with Gasteiger partial charge in [0.25, 0.3) is 0 Å². The van der Waals surface area contributed by atoms with Crippen molar-refractivity contribution in [3.8, 4) is 0 Å². The van der Waals surface area contributed by atoms with Crippen molar-refractivity contribution in [1.29, 1.82) is 0 Å². The highest BCUT2D eigenvalue weighted by atomic mass is 32.1. The molecule has 1 aliphatic rings. The van der Waals surface area contributed by atoms with Crippen LogP contribution in [0.2, 0.25) is 0 Å². The fourth-order valence-electron chi connectivity index (χ4n) is 3.67. The molecule has 0 bridgehead atoms. The van der Waals surface area contributed by atoms with E-state index in [0.717, 1.165) is 18.5 Å². The van der Waals surface area contributed by atoms with Crippen LogP contribution in [-0.2, 0) is 13.1 Å². The molecular weight excluding hydrogens is 276 g/mol. The first-order valence-corrected chi connectivity index (χ1v) is 8.90. The van der Waals surface area contributed by atoms with Crippen molar-refractivity contribution in [3.63, 3.8) is 0 Å². The summed E-state index contributed by atoms with van der Waals surface area (Å²) < 4.78 is 1.37. The van der Waals surface area contributed by atoms with Crippen LogP contribution in [0.4, 0.5) is 0 Å². The molecule has 0 amide bonds. The fourth-order valence-corrected chi connectivity index (χ4v) is 4.76. The van der Waals surface area contributed by atoms with E-state index in [2.05, 4.69) is 43.1 Å². The molecule has 0 radical (unpaired) electrons. The minimum absolute atomic E-state index is 0.656. The summed E-state index contributed by atoms with van der Waals surface area (Å²) in [6.07, 6.45) is 5.47. The average Bonchev–Trinajstić information content (AvgIpc) is 2.85. The highest BCUT2D eigenvalue weighted by Gasteiger charge is 2.23. The van der Waals surface area contributed by atoms with Gasteiger partial charge in [-0.25, -0.2) is 0 Å². The summed E-state index contributed by atoms with van der Waals surface area (Å²) in [6, 6.07) is 9.46. The summed E-state index contributed by atoms with van der Waals surface area (Å²) in [5.41, 5.74) is 7.44. The summed E-state index contributed by atoms with van der Waals surface area (Å²) in [5.74, 6) is 0.874. The van der Waals surface area contributed by atoms with E-state index in [1.54, 1.807) is 0 Å². The molecular formula is C18H26N2S. The molecule has 21 heavy (non-hydrogen) atoms. The maximum absolute atomic E-state index is 5.98. The largest absolute Gasteiger partial charge is 0.326 e. The Bertz CT molecular complexity index is 604. The lowest BCUT2D eigenvalue weighted by Crippen LogP contribution is -2.35. The highest BCUT2D eigenvalue weighted by molar-refractivity contribution is 7.19. The van der Waals surface area contributed by atoms with Gasteiger partial charge in [0.15, 0.2) is 0 Å². The van der Waals surface area contributed by atoms with Crippen molar-refractivity contribution < 1.29 is 0 Å². The van der Waals surface area contributed by atoms with Crippen LogP contribution in [0, 0.1) is 5.92 Å². The van der Waals surface area contributed by atoms with Gasteiger partial charge in [0.2, 0.25) is 0 Å². The van der Waals surface area contributed by atoms with Crippen molar-refractivity contribution in [1.82, 2.24) is 4.90 Å². The second-order valence-electron chi connectivity index (χ2n) is 6.54. The lowest BCUT2D eigenvalue weighted by atomic mass is 9.86. The van der Waals surface area contributed by atoms with E-state index < -0.39 is 0 Å². The van der Waals surface area contributed by atoms with Crippen LogP contribution in [0.5, 0.6) is 0 Å². The van der Waals surface area contributed by atoms with E-state index in [0.29, 0.717) is 6.54 Å². The fraction of sp³-hybridized carbons (Fsp3) is 0.556. The molecule has 2 unspecified atom stereocenters. The summed E-state index contributed by atoms with van der Waals surface area (Å²) in [7, 11) is 2.29. The van der Waals surface area contributed by atoms with Gasteiger partial charge in [-0.15, -0.1) is 11.3 Å². The molecule has 0 saturated heterocycles. The van der Waals surface area contributed by atoms with E-state index in [9.17, 15) is 0 Å². The number of nitrogens with two attached hydrogens (primary N) is 1. The maximum Gasteiger partial charge on any atom is 0.0349 e. The van der Waals surface area contributed by atoms with Crippen LogP contribution in [0.25, 0.3) is 10.1 Å². The van der Waals surface area contributed by atoms with Crippen LogP contribution < -0.4 is 5.73 Å². The predicted molar refractivity (Wildman–Crippen MR) is 92.6 cm³/mol. The summed E-state index contributed by atoms with van der Waals surface area (Å²) in [4.78, 5) is 3.91. The van der Waals surface area contributed by atoms with Gasteiger partial charge in [-0.05, 0) is 42.8 Å². The van der Waals surface area contributed by atoms with E-state index in [1.807, 2.05) is 11.3 Å². The smallest absolute Gasteiger partial charge is 0.0349 e. The first kappa shape index (κ1) is 15.0. The monoisotopic (exact) mass is 302 g/mol. The first-order valence-electron chi connectivity index (χ1n) is 8.08. The molecule has 2 N–H and O–H groups in total. The number of thiophene rings is 1. The number of benzene rings is 1. The van der Waals surface area contributed by atoms with Crippen molar-refractivity contribution >= 4 is 21.4 Å². The Morgan fingerprint density at radius 2 is 2.10 bits per heavy atom. The molecule has 1 aromatic heterocycles. The summed E-state index contributed by atoms with van der Waals surface area (Å²) in [6.45, 7) is 4.09. The van der Waals surface area contributed by atoms with Gasteiger partial charge < -0.3 is 5.73 Å². The van der Waals surface area contributed by atoms with E-state index >= 15 is 0 Å². The normalized spacial score (nSPS) is 23.0. The van der Waals surface area contributed by atoms with E-state index in [4.69, 9.17) is 5.73 Å².